The van der Waals surface area contributed by atoms with Gasteiger partial charge in [-0.1, -0.05) is 35.9 Å². The standard InChI is InChI=1S/C21H27ClN2O3/c1-3-11-21(27,12-4-2)15-23-20(26)17-7-10-19(25)24(14-17)13-16-5-8-18(22)9-6-16/h3-6,8-9,17,27H,1-2,7,10-15H2,(H,23,26)/t17-/m1/s1. The van der Waals surface area contributed by atoms with Crippen molar-refractivity contribution in [1.82, 2.24) is 10.2 Å². The molecule has 0 unspecified atom stereocenters. The smallest absolute Gasteiger partial charge is 0.225 e. The van der Waals surface area contributed by atoms with Crippen LogP contribution in [0, 0.1) is 5.92 Å². The molecule has 5 nitrogen and oxygen atoms in total. The molecule has 0 aliphatic carbocycles. The third-order valence-electron chi connectivity index (χ3n) is 4.80. The lowest BCUT2D eigenvalue weighted by Crippen LogP contribution is -2.49. The molecule has 1 aromatic rings. The van der Waals surface area contributed by atoms with Gasteiger partial charge >= 0.3 is 0 Å². The average molecular weight is 391 g/mol. The number of nitrogens with zero attached hydrogens (tertiary/aromatic N) is 1. The first kappa shape index (κ1) is 21.2. The highest BCUT2D eigenvalue weighted by Crippen LogP contribution is 2.22. The molecule has 0 bridgehead atoms. The Morgan fingerprint density at radius 1 is 1.30 bits per heavy atom. The number of rotatable bonds is 9. The van der Waals surface area contributed by atoms with Crippen LogP contribution in [0.25, 0.3) is 0 Å². The molecule has 6 heteroatoms. The summed E-state index contributed by atoms with van der Waals surface area (Å²) in [6.45, 7) is 8.25. The van der Waals surface area contributed by atoms with E-state index in [0.717, 1.165) is 5.56 Å². The maximum atomic E-state index is 12.6. The fourth-order valence-electron chi connectivity index (χ4n) is 3.25. The second-order valence-corrected chi connectivity index (χ2v) is 7.50. The zero-order valence-corrected chi connectivity index (χ0v) is 16.3. The second-order valence-electron chi connectivity index (χ2n) is 7.06. The maximum Gasteiger partial charge on any atom is 0.225 e. The molecule has 1 heterocycles. The van der Waals surface area contributed by atoms with Crippen LogP contribution in [0.15, 0.2) is 49.6 Å². The van der Waals surface area contributed by atoms with Gasteiger partial charge in [-0.2, -0.15) is 0 Å². The Morgan fingerprint density at radius 2 is 1.93 bits per heavy atom. The SMILES string of the molecule is C=CCC(O)(CC=C)CNC(=O)[C@@H]1CCC(=O)N(Cc2ccc(Cl)cc2)C1. The molecular weight excluding hydrogens is 364 g/mol. The van der Waals surface area contributed by atoms with Crippen LogP contribution in [-0.2, 0) is 16.1 Å². The number of nitrogens with one attached hydrogen (secondary N) is 1. The van der Waals surface area contributed by atoms with Gasteiger partial charge in [0.2, 0.25) is 11.8 Å². The number of amides is 2. The zero-order valence-electron chi connectivity index (χ0n) is 15.5. The quantitative estimate of drug-likeness (QED) is 0.636. The normalized spacial score (nSPS) is 17.5. The molecule has 0 aromatic heterocycles. The molecule has 1 aromatic carbocycles. The number of hydrogen-bond acceptors (Lipinski definition) is 3. The van der Waals surface area contributed by atoms with Gasteiger partial charge in [0.15, 0.2) is 0 Å². The molecule has 2 amide bonds. The Kier molecular flexibility index (Phi) is 7.63. The summed E-state index contributed by atoms with van der Waals surface area (Å²) >= 11 is 5.90. The van der Waals surface area contributed by atoms with Gasteiger partial charge in [0, 0.05) is 31.1 Å². The number of piperidine rings is 1. The topological polar surface area (TPSA) is 69.6 Å². The van der Waals surface area contributed by atoms with E-state index in [4.69, 9.17) is 11.6 Å². The number of halogens is 1. The Bertz CT molecular complexity index is 677. The number of carbonyl (C=O) groups excluding carboxylic acids is 2. The molecule has 1 aliphatic heterocycles. The van der Waals surface area contributed by atoms with E-state index >= 15 is 0 Å². The van der Waals surface area contributed by atoms with E-state index in [1.165, 1.54) is 0 Å². The third-order valence-corrected chi connectivity index (χ3v) is 5.05. The van der Waals surface area contributed by atoms with Crippen LogP contribution in [0.1, 0.15) is 31.2 Å². The number of hydrogen-bond donors (Lipinski definition) is 2. The Labute approximate surface area is 165 Å². The molecule has 27 heavy (non-hydrogen) atoms. The van der Waals surface area contributed by atoms with Crippen molar-refractivity contribution >= 4 is 23.4 Å². The van der Waals surface area contributed by atoms with Crippen molar-refractivity contribution in [2.45, 2.75) is 37.8 Å². The fourth-order valence-corrected chi connectivity index (χ4v) is 3.38. The van der Waals surface area contributed by atoms with Crippen LogP contribution in [0.3, 0.4) is 0 Å². The van der Waals surface area contributed by atoms with E-state index < -0.39 is 5.60 Å². The van der Waals surface area contributed by atoms with Crippen LogP contribution in [0.5, 0.6) is 0 Å². The van der Waals surface area contributed by atoms with Crippen LogP contribution in [-0.4, -0.2) is 40.5 Å². The first-order valence-electron chi connectivity index (χ1n) is 9.11. The highest BCUT2D eigenvalue weighted by atomic mass is 35.5. The van der Waals surface area contributed by atoms with Crippen molar-refractivity contribution in [3.8, 4) is 0 Å². The monoisotopic (exact) mass is 390 g/mol. The molecular formula is C21H27ClN2O3. The Hall–Kier alpha value is -2.11. The molecule has 0 radical (unpaired) electrons. The van der Waals surface area contributed by atoms with Crippen molar-refractivity contribution in [2.24, 2.45) is 5.92 Å². The van der Waals surface area contributed by atoms with Gasteiger partial charge < -0.3 is 15.3 Å². The summed E-state index contributed by atoms with van der Waals surface area (Å²) in [4.78, 5) is 26.5. The van der Waals surface area contributed by atoms with Crippen molar-refractivity contribution in [2.75, 3.05) is 13.1 Å². The van der Waals surface area contributed by atoms with Crippen LogP contribution in [0.2, 0.25) is 5.02 Å². The molecule has 2 N–H and O–H groups in total. The summed E-state index contributed by atoms with van der Waals surface area (Å²) < 4.78 is 0. The first-order valence-corrected chi connectivity index (χ1v) is 9.49. The van der Waals surface area contributed by atoms with E-state index in [1.54, 1.807) is 29.2 Å². The lowest BCUT2D eigenvalue weighted by molar-refractivity contribution is -0.139. The molecule has 0 saturated carbocycles. The molecule has 1 aliphatic rings. The summed E-state index contributed by atoms with van der Waals surface area (Å²) in [7, 11) is 0. The minimum atomic E-state index is -1.08. The van der Waals surface area contributed by atoms with E-state index in [0.29, 0.717) is 43.8 Å². The lowest BCUT2D eigenvalue weighted by atomic mass is 9.93. The van der Waals surface area contributed by atoms with Crippen LogP contribution < -0.4 is 5.32 Å². The van der Waals surface area contributed by atoms with Gasteiger partial charge in [-0.05, 0) is 37.0 Å². The van der Waals surface area contributed by atoms with Gasteiger partial charge in [0.05, 0.1) is 11.5 Å². The van der Waals surface area contributed by atoms with Gasteiger partial charge in [0.25, 0.3) is 0 Å². The third kappa shape index (κ3) is 6.22. The maximum absolute atomic E-state index is 12.6. The summed E-state index contributed by atoms with van der Waals surface area (Å²) in [6, 6.07) is 7.33. The zero-order chi connectivity index (χ0) is 19.9. The average Bonchev–Trinajstić information content (AvgIpc) is 2.64. The molecule has 0 spiro atoms. The van der Waals surface area contributed by atoms with Crippen LogP contribution in [0.4, 0.5) is 0 Å². The predicted molar refractivity (Wildman–Crippen MR) is 107 cm³/mol. The molecule has 1 atom stereocenters. The minimum Gasteiger partial charge on any atom is -0.387 e. The van der Waals surface area contributed by atoms with Gasteiger partial charge in [0.1, 0.15) is 0 Å². The van der Waals surface area contributed by atoms with E-state index in [2.05, 4.69) is 18.5 Å². The van der Waals surface area contributed by atoms with E-state index in [9.17, 15) is 14.7 Å². The highest BCUT2D eigenvalue weighted by molar-refractivity contribution is 6.30. The molecule has 1 fully saturated rings. The number of aliphatic hydroxyl groups is 1. The number of benzene rings is 1. The Morgan fingerprint density at radius 3 is 2.52 bits per heavy atom. The highest BCUT2D eigenvalue weighted by Gasteiger charge is 2.32. The van der Waals surface area contributed by atoms with Gasteiger partial charge in [-0.15, -0.1) is 13.2 Å². The van der Waals surface area contributed by atoms with E-state index in [-0.39, 0.29) is 24.3 Å². The lowest BCUT2D eigenvalue weighted by Gasteiger charge is -2.33. The largest absolute Gasteiger partial charge is 0.387 e. The number of carbonyl (C=O) groups is 2. The fraction of sp³-hybridized carbons (Fsp3) is 0.429. The Balaban J connectivity index is 1.94. The van der Waals surface area contributed by atoms with Crippen LogP contribution >= 0.6 is 11.6 Å². The van der Waals surface area contributed by atoms with Crippen molar-refractivity contribution in [3.63, 3.8) is 0 Å². The predicted octanol–water partition coefficient (Wildman–Crippen LogP) is 3.08. The van der Waals surface area contributed by atoms with Gasteiger partial charge in [-0.25, -0.2) is 0 Å². The number of likely N-dealkylation sites (tertiary alicyclic amines) is 1. The molecule has 1 saturated heterocycles. The van der Waals surface area contributed by atoms with Crippen molar-refractivity contribution in [1.29, 1.82) is 0 Å². The minimum absolute atomic E-state index is 0.0452. The first-order chi connectivity index (χ1) is 12.9. The van der Waals surface area contributed by atoms with Crippen molar-refractivity contribution in [3.05, 3.63) is 60.2 Å². The van der Waals surface area contributed by atoms with E-state index in [1.807, 2.05) is 12.1 Å². The van der Waals surface area contributed by atoms with Crippen molar-refractivity contribution < 1.29 is 14.7 Å². The summed E-state index contributed by atoms with van der Waals surface area (Å²) in [5.74, 6) is -0.384. The molecule has 2 rings (SSSR count). The summed E-state index contributed by atoms with van der Waals surface area (Å²) in [5, 5.41) is 14.0. The molecule has 146 valence electrons. The second kappa shape index (κ2) is 9.72. The summed E-state index contributed by atoms with van der Waals surface area (Å²) in [5.41, 5.74) is -0.104. The van der Waals surface area contributed by atoms with Gasteiger partial charge in [-0.3, -0.25) is 9.59 Å². The summed E-state index contributed by atoms with van der Waals surface area (Å²) in [6.07, 6.45) is 4.85.